The Kier molecular flexibility index (Phi) is 4.12. The Morgan fingerprint density at radius 2 is 1.93 bits per heavy atom. The maximum atomic E-state index is 12.0. The van der Waals surface area contributed by atoms with E-state index in [4.69, 9.17) is 9.15 Å². The molecule has 0 radical (unpaired) electrons. The number of rotatable bonds is 3. The van der Waals surface area contributed by atoms with Gasteiger partial charge in [0, 0.05) is 37.1 Å². The fourth-order valence-corrected chi connectivity index (χ4v) is 2.97. The zero-order chi connectivity index (χ0) is 19.0. The molecule has 0 saturated carbocycles. The number of likely N-dealkylation sites (N-methyl/N-ethyl adjacent to an activating group) is 1. The highest BCUT2D eigenvalue weighted by Gasteiger charge is 2.19. The van der Waals surface area contributed by atoms with Gasteiger partial charge in [-0.25, -0.2) is 4.79 Å². The number of benzene rings is 2. The molecule has 0 atom stereocenters. The molecule has 0 spiro atoms. The second kappa shape index (κ2) is 6.60. The topological polar surface area (TPSA) is 70.6 Å². The van der Waals surface area contributed by atoms with Gasteiger partial charge in [0.05, 0.1) is 19.0 Å². The number of methoxy groups -OCH3 is 1. The number of furan rings is 1. The van der Waals surface area contributed by atoms with Crippen molar-refractivity contribution in [2.45, 2.75) is 0 Å². The van der Waals surface area contributed by atoms with E-state index in [0.29, 0.717) is 22.7 Å². The number of carbonyl (C=O) groups is 1. The number of fused-ring (bicyclic) bond motifs is 3. The van der Waals surface area contributed by atoms with Gasteiger partial charge in [-0.15, -0.1) is 5.11 Å². The molecule has 0 bridgehead atoms. The van der Waals surface area contributed by atoms with E-state index < -0.39 is 0 Å². The first kappa shape index (κ1) is 16.8. The van der Waals surface area contributed by atoms with Crippen molar-refractivity contribution in [2.75, 3.05) is 21.2 Å². The predicted molar refractivity (Wildman–Crippen MR) is 103 cm³/mol. The number of para-hydroxylation sites is 1. The van der Waals surface area contributed by atoms with Gasteiger partial charge >= 0.3 is 6.03 Å². The summed E-state index contributed by atoms with van der Waals surface area (Å²) in [5, 5.41) is 10.4. The Bertz CT molecular complexity index is 1130. The summed E-state index contributed by atoms with van der Waals surface area (Å²) < 4.78 is 11.4. The Hall–Kier alpha value is -3.61. The highest BCUT2D eigenvalue weighted by Crippen LogP contribution is 2.37. The summed E-state index contributed by atoms with van der Waals surface area (Å²) in [6.45, 7) is 0. The molecule has 1 aliphatic rings. The van der Waals surface area contributed by atoms with Gasteiger partial charge in [-0.05, 0) is 18.2 Å². The molecule has 2 heterocycles. The first-order valence-corrected chi connectivity index (χ1v) is 8.37. The first-order valence-electron chi connectivity index (χ1n) is 8.37. The van der Waals surface area contributed by atoms with Crippen LogP contribution in [0.15, 0.2) is 75.2 Å². The molecule has 27 heavy (non-hydrogen) atoms. The van der Waals surface area contributed by atoms with Crippen LogP contribution in [0.3, 0.4) is 0 Å². The van der Waals surface area contributed by atoms with Crippen molar-refractivity contribution < 1.29 is 13.9 Å². The molecule has 0 fully saturated rings. The molecular weight excluding hydrogens is 344 g/mol. The number of hydrogen-bond acceptors (Lipinski definition) is 5. The first-order chi connectivity index (χ1) is 13.1. The minimum absolute atomic E-state index is 0.139. The molecule has 0 N–H and O–H groups in total. The second-order valence-corrected chi connectivity index (χ2v) is 6.16. The lowest BCUT2D eigenvalue weighted by Crippen LogP contribution is -2.37. The largest absolute Gasteiger partial charge is 0.494 e. The lowest BCUT2D eigenvalue weighted by atomic mass is 10.1. The molecular formula is C20H18N4O3. The number of ether oxygens (including phenoxy) is 1. The van der Waals surface area contributed by atoms with Crippen molar-refractivity contribution in [2.24, 2.45) is 10.2 Å². The number of azo groups is 1. The molecule has 0 unspecified atom stereocenters. The fraction of sp³-hybridized carbons (Fsp3) is 0.150. The summed E-state index contributed by atoms with van der Waals surface area (Å²) >= 11 is 0. The number of allylic oxidation sites excluding steroid dienone is 1. The van der Waals surface area contributed by atoms with Gasteiger partial charge in [-0.2, -0.15) is 5.11 Å². The van der Waals surface area contributed by atoms with Gasteiger partial charge < -0.3 is 14.1 Å². The number of amides is 2. The van der Waals surface area contributed by atoms with Crippen LogP contribution < -0.4 is 4.74 Å². The van der Waals surface area contributed by atoms with Crippen LogP contribution in [0, 0.1) is 0 Å². The van der Waals surface area contributed by atoms with E-state index in [1.807, 2.05) is 30.3 Å². The van der Waals surface area contributed by atoms with Crippen LogP contribution in [0.5, 0.6) is 5.75 Å². The Morgan fingerprint density at radius 1 is 1.11 bits per heavy atom. The van der Waals surface area contributed by atoms with E-state index >= 15 is 0 Å². The van der Waals surface area contributed by atoms with Gasteiger partial charge in [-0.1, -0.05) is 18.2 Å². The number of hydrogen-bond donors (Lipinski definition) is 0. The molecule has 0 saturated heterocycles. The van der Waals surface area contributed by atoms with E-state index in [2.05, 4.69) is 10.2 Å². The summed E-state index contributed by atoms with van der Waals surface area (Å²) in [6, 6.07) is 11.4. The average molecular weight is 362 g/mol. The van der Waals surface area contributed by atoms with Crippen molar-refractivity contribution in [3.05, 3.63) is 60.6 Å². The third kappa shape index (κ3) is 2.93. The number of nitrogens with zero attached hydrogens (tertiary/aromatic N) is 4. The maximum absolute atomic E-state index is 12.0. The van der Waals surface area contributed by atoms with E-state index in [1.165, 1.54) is 16.0 Å². The standard InChI is InChI=1S/C20H18N4O3/c1-23-9-8-13(24(2)20(23)25)12-21-22-16-11-18-15(10-19(16)26-3)14-6-4-5-7-17(14)27-18/h4-12H,1-3H3. The lowest BCUT2D eigenvalue weighted by molar-refractivity contribution is 0.195. The Balaban J connectivity index is 1.72. The molecule has 7 heteroatoms. The molecule has 0 aliphatic carbocycles. The van der Waals surface area contributed by atoms with Crippen molar-refractivity contribution in [3.63, 3.8) is 0 Å². The van der Waals surface area contributed by atoms with Crippen LogP contribution in [-0.2, 0) is 0 Å². The van der Waals surface area contributed by atoms with Crippen molar-refractivity contribution in [1.82, 2.24) is 9.80 Å². The molecule has 7 nitrogen and oxygen atoms in total. The molecule has 2 aromatic carbocycles. The van der Waals surface area contributed by atoms with E-state index in [1.54, 1.807) is 39.5 Å². The van der Waals surface area contributed by atoms with Crippen molar-refractivity contribution in [3.8, 4) is 5.75 Å². The molecule has 136 valence electrons. The van der Waals surface area contributed by atoms with Gasteiger partial charge in [-0.3, -0.25) is 4.90 Å². The Labute approximate surface area is 155 Å². The van der Waals surface area contributed by atoms with Crippen molar-refractivity contribution in [1.29, 1.82) is 0 Å². The third-order valence-corrected chi connectivity index (χ3v) is 4.48. The van der Waals surface area contributed by atoms with Gasteiger partial charge in [0.15, 0.2) is 0 Å². The molecule has 4 rings (SSSR count). The van der Waals surface area contributed by atoms with E-state index in [-0.39, 0.29) is 6.03 Å². The number of carbonyl (C=O) groups excluding carboxylic acids is 1. The second-order valence-electron chi connectivity index (χ2n) is 6.16. The summed E-state index contributed by atoms with van der Waals surface area (Å²) in [7, 11) is 4.97. The van der Waals surface area contributed by atoms with Crippen LogP contribution >= 0.6 is 0 Å². The average Bonchev–Trinajstić information content (AvgIpc) is 3.04. The van der Waals surface area contributed by atoms with Gasteiger partial charge in [0.25, 0.3) is 0 Å². The van der Waals surface area contributed by atoms with Gasteiger partial charge in [0.1, 0.15) is 22.6 Å². The quantitative estimate of drug-likeness (QED) is 0.614. The normalized spacial score (nSPS) is 16.4. The monoisotopic (exact) mass is 362 g/mol. The minimum atomic E-state index is -0.139. The van der Waals surface area contributed by atoms with Gasteiger partial charge in [0.2, 0.25) is 0 Å². The highest BCUT2D eigenvalue weighted by molar-refractivity contribution is 6.06. The summed E-state index contributed by atoms with van der Waals surface area (Å²) in [5.74, 6) is 0.597. The molecule has 3 aromatic rings. The van der Waals surface area contributed by atoms with Crippen LogP contribution in [-0.4, -0.2) is 37.0 Å². The third-order valence-electron chi connectivity index (χ3n) is 4.48. The van der Waals surface area contributed by atoms with Crippen molar-refractivity contribution >= 4 is 33.7 Å². The zero-order valence-electron chi connectivity index (χ0n) is 15.2. The van der Waals surface area contributed by atoms with E-state index in [0.717, 1.165) is 16.4 Å². The summed E-state index contributed by atoms with van der Waals surface area (Å²) in [4.78, 5) is 14.9. The van der Waals surface area contributed by atoms with Crippen LogP contribution in [0.4, 0.5) is 10.5 Å². The molecule has 1 aliphatic heterocycles. The maximum Gasteiger partial charge on any atom is 0.328 e. The fourth-order valence-electron chi connectivity index (χ4n) is 2.97. The SMILES string of the molecule is COc1cc2c(cc1N=NC=C1C=CN(C)C(=O)N1C)oc1ccccc12. The summed E-state index contributed by atoms with van der Waals surface area (Å²) in [6.07, 6.45) is 5.01. The lowest BCUT2D eigenvalue weighted by Gasteiger charge is -2.26. The minimum Gasteiger partial charge on any atom is -0.494 e. The predicted octanol–water partition coefficient (Wildman–Crippen LogP) is 5.03. The molecule has 2 amide bonds. The van der Waals surface area contributed by atoms with Crippen LogP contribution in [0.2, 0.25) is 0 Å². The summed E-state index contributed by atoms with van der Waals surface area (Å²) in [5.41, 5.74) is 2.71. The van der Waals surface area contributed by atoms with Crippen LogP contribution in [0.1, 0.15) is 0 Å². The Morgan fingerprint density at radius 3 is 2.74 bits per heavy atom. The molecule has 1 aromatic heterocycles. The smallest absolute Gasteiger partial charge is 0.328 e. The number of urea groups is 1. The van der Waals surface area contributed by atoms with E-state index in [9.17, 15) is 4.79 Å². The highest BCUT2D eigenvalue weighted by atomic mass is 16.5. The zero-order valence-corrected chi connectivity index (χ0v) is 15.2. The van der Waals surface area contributed by atoms with Crippen LogP contribution in [0.25, 0.3) is 21.9 Å².